The summed E-state index contributed by atoms with van der Waals surface area (Å²) in [4.78, 5) is 35.3. The highest BCUT2D eigenvalue weighted by Gasteiger charge is 2.32. The molecule has 154 valence electrons. The van der Waals surface area contributed by atoms with E-state index in [1.54, 1.807) is 4.90 Å². The van der Waals surface area contributed by atoms with E-state index in [2.05, 4.69) is 35.6 Å². The first-order valence-electron chi connectivity index (χ1n) is 9.05. The van der Waals surface area contributed by atoms with Gasteiger partial charge in [0.05, 0.1) is 27.1 Å². The molecule has 10 heteroatoms. The van der Waals surface area contributed by atoms with Crippen LogP contribution in [0.1, 0.15) is 23.2 Å². The largest absolute Gasteiger partial charge is 0.490 e. The maximum Gasteiger partial charge on any atom is 0.283 e. The number of hydrogen-bond acceptors (Lipinski definition) is 6. The molecular weight excluding hydrogens is 448 g/mol. The molecular formula is C18H25BrN2O6Si. The summed E-state index contributed by atoms with van der Waals surface area (Å²) >= 11 is 3.27. The van der Waals surface area contributed by atoms with E-state index in [-0.39, 0.29) is 42.3 Å². The first kappa shape index (κ1) is 22.5. The number of carbonyl (C=O) groups excluding carboxylic acids is 2. The van der Waals surface area contributed by atoms with E-state index in [1.165, 1.54) is 12.1 Å². The van der Waals surface area contributed by atoms with Crippen molar-refractivity contribution in [2.75, 3.05) is 19.9 Å². The Labute approximate surface area is 173 Å². The molecule has 1 heterocycles. The number of nitro groups is 1. The van der Waals surface area contributed by atoms with Crippen molar-refractivity contribution in [1.82, 2.24) is 4.90 Å². The monoisotopic (exact) mass is 472 g/mol. The average Bonchev–Trinajstić information content (AvgIpc) is 2.96. The quantitative estimate of drug-likeness (QED) is 0.168. The van der Waals surface area contributed by atoms with Crippen molar-refractivity contribution in [3.63, 3.8) is 0 Å². The number of rotatable bonds is 10. The summed E-state index contributed by atoms with van der Waals surface area (Å²) in [6.45, 7) is 7.84. The fourth-order valence-corrected chi connectivity index (χ4v) is 4.02. The minimum atomic E-state index is -1.19. The van der Waals surface area contributed by atoms with Gasteiger partial charge in [-0.3, -0.25) is 19.7 Å². The molecule has 1 atom stereocenters. The third kappa shape index (κ3) is 6.11. The van der Waals surface area contributed by atoms with Crippen LogP contribution in [0.5, 0.6) is 5.75 Å². The topological polar surface area (TPSA) is 99.0 Å². The number of likely N-dealkylation sites (tertiary alicyclic amines) is 1. The highest BCUT2D eigenvalue weighted by Crippen LogP contribution is 2.33. The van der Waals surface area contributed by atoms with Crippen molar-refractivity contribution in [2.45, 2.75) is 44.6 Å². The number of aldehydes is 1. The smallest absolute Gasteiger partial charge is 0.283 e. The van der Waals surface area contributed by atoms with Gasteiger partial charge in [0.15, 0.2) is 6.29 Å². The first-order valence-corrected chi connectivity index (χ1v) is 13.6. The molecule has 1 saturated heterocycles. The number of halogens is 1. The second-order valence-electron chi connectivity index (χ2n) is 7.93. The standard InChI is InChI=1S/C18H25BrN2O6Si/c1-28(2,3)7-6-26-12-20-14(4-5-18(20)23)11-27-17-9-16(21(24)25)13(10-22)8-15(17)19/h8-10,14H,4-7,11-12H2,1-3H3. The molecule has 1 aromatic carbocycles. The van der Waals surface area contributed by atoms with Crippen LogP contribution < -0.4 is 4.74 Å². The zero-order valence-electron chi connectivity index (χ0n) is 16.3. The van der Waals surface area contributed by atoms with E-state index in [0.29, 0.717) is 30.2 Å². The molecule has 0 spiro atoms. The van der Waals surface area contributed by atoms with E-state index in [0.717, 1.165) is 6.04 Å². The van der Waals surface area contributed by atoms with Crippen LogP contribution in [0.2, 0.25) is 25.7 Å². The summed E-state index contributed by atoms with van der Waals surface area (Å²) in [5, 5.41) is 11.1. The Hall–Kier alpha value is -1.78. The normalized spacial score (nSPS) is 17.1. The van der Waals surface area contributed by atoms with Crippen LogP contribution in [0, 0.1) is 10.1 Å². The zero-order valence-corrected chi connectivity index (χ0v) is 18.9. The highest BCUT2D eigenvalue weighted by molar-refractivity contribution is 9.10. The number of hydrogen-bond donors (Lipinski definition) is 0. The lowest BCUT2D eigenvalue weighted by molar-refractivity contribution is -0.385. The number of nitro benzene ring substituents is 1. The summed E-state index contributed by atoms with van der Waals surface area (Å²) < 4.78 is 11.9. The van der Waals surface area contributed by atoms with Gasteiger partial charge in [0.1, 0.15) is 19.1 Å². The molecule has 28 heavy (non-hydrogen) atoms. The van der Waals surface area contributed by atoms with Crippen LogP contribution in [0.25, 0.3) is 0 Å². The molecule has 0 N–H and O–H groups in total. The molecule has 0 bridgehead atoms. The van der Waals surface area contributed by atoms with Gasteiger partial charge in [0, 0.05) is 21.1 Å². The Morgan fingerprint density at radius 1 is 1.39 bits per heavy atom. The summed E-state index contributed by atoms with van der Waals surface area (Å²) in [6, 6.07) is 3.45. The number of amides is 1. The van der Waals surface area contributed by atoms with Crippen LogP contribution in [0.15, 0.2) is 16.6 Å². The molecule has 1 unspecified atom stereocenters. The van der Waals surface area contributed by atoms with Gasteiger partial charge in [0.2, 0.25) is 5.91 Å². The minimum absolute atomic E-state index is 0.0166. The lowest BCUT2D eigenvalue weighted by Gasteiger charge is -2.25. The molecule has 1 aromatic rings. The van der Waals surface area contributed by atoms with E-state index >= 15 is 0 Å². The van der Waals surface area contributed by atoms with Gasteiger partial charge < -0.3 is 14.4 Å². The van der Waals surface area contributed by atoms with Crippen LogP contribution in [0.4, 0.5) is 5.69 Å². The average molecular weight is 473 g/mol. The lowest BCUT2D eigenvalue weighted by Crippen LogP contribution is -2.39. The minimum Gasteiger partial charge on any atom is -0.490 e. The van der Waals surface area contributed by atoms with Crippen molar-refractivity contribution in [3.8, 4) is 5.75 Å². The SMILES string of the molecule is C[Si](C)(C)CCOCN1C(=O)CCC1COc1cc([N+](=O)[O-])c(C=O)cc1Br. The molecule has 0 saturated carbocycles. The van der Waals surface area contributed by atoms with E-state index in [9.17, 15) is 19.7 Å². The van der Waals surface area contributed by atoms with Crippen molar-refractivity contribution in [1.29, 1.82) is 0 Å². The second-order valence-corrected chi connectivity index (χ2v) is 14.4. The maximum absolute atomic E-state index is 12.1. The third-order valence-corrected chi connectivity index (χ3v) is 6.84. The van der Waals surface area contributed by atoms with E-state index in [1.807, 2.05) is 0 Å². The fourth-order valence-electron chi connectivity index (χ4n) is 2.79. The molecule has 0 aromatic heterocycles. The Morgan fingerprint density at radius 2 is 2.11 bits per heavy atom. The third-order valence-electron chi connectivity index (χ3n) is 4.52. The molecule has 0 radical (unpaired) electrons. The van der Waals surface area contributed by atoms with Crippen molar-refractivity contribution in [2.24, 2.45) is 0 Å². The lowest BCUT2D eigenvalue weighted by atomic mass is 10.2. The Balaban J connectivity index is 1.98. The molecule has 0 aliphatic carbocycles. The Kier molecular flexibility index (Phi) is 7.73. The second kappa shape index (κ2) is 9.62. The molecule has 1 amide bonds. The number of nitrogens with zero attached hydrogens (tertiary/aromatic N) is 2. The predicted octanol–water partition coefficient (Wildman–Crippen LogP) is 3.85. The van der Waals surface area contributed by atoms with Gasteiger partial charge in [-0.25, -0.2) is 0 Å². The summed E-state index contributed by atoms with van der Waals surface area (Å²) in [5.74, 6) is 0.277. The van der Waals surface area contributed by atoms with Crippen molar-refractivity contribution < 1.29 is 24.0 Å². The summed E-state index contributed by atoms with van der Waals surface area (Å²) in [7, 11) is -1.19. The van der Waals surface area contributed by atoms with Gasteiger partial charge in [-0.15, -0.1) is 0 Å². The first-order chi connectivity index (χ1) is 13.1. The number of ether oxygens (including phenoxy) is 2. The number of carbonyl (C=O) groups is 2. The molecule has 1 fully saturated rings. The van der Waals surface area contributed by atoms with Gasteiger partial charge in [-0.05, 0) is 34.5 Å². The van der Waals surface area contributed by atoms with Crippen LogP contribution in [-0.4, -0.2) is 56.1 Å². The van der Waals surface area contributed by atoms with Gasteiger partial charge in [-0.1, -0.05) is 19.6 Å². The van der Waals surface area contributed by atoms with Crippen molar-refractivity contribution in [3.05, 3.63) is 32.3 Å². The zero-order chi connectivity index (χ0) is 20.9. The van der Waals surface area contributed by atoms with Gasteiger partial charge in [0.25, 0.3) is 5.69 Å². The van der Waals surface area contributed by atoms with Crippen LogP contribution >= 0.6 is 15.9 Å². The maximum atomic E-state index is 12.1. The van der Waals surface area contributed by atoms with E-state index in [4.69, 9.17) is 9.47 Å². The van der Waals surface area contributed by atoms with Gasteiger partial charge in [-0.2, -0.15) is 0 Å². The molecule has 2 rings (SSSR count). The van der Waals surface area contributed by atoms with Gasteiger partial charge >= 0.3 is 0 Å². The van der Waals surface area contributed by atoms with E-state index < -0.39 is 13.0 Å². The highest BCUT2D eigenvalue weighted by atomic mass is 79.9. The summed E-state index contributed by atoms with van der Waals surface area (Å²) in [5.41, 5.74) is -0.347. The molecule has 1 aliphatic heterocycles. The molecule has 8 nitrogen and oxygen atoms in total. The van der Waals surface area contributed by atoms with Crippen LogP contribution in [0.3, 0.4) is 0 Å². The molecule has 1 aliphatic rings. The Morgan fingerprint density at radius 3 is 2.71 bits per heavy atom. The predicted molar refractivity (Wildman–Crippen MR) is 111 cm³/mol. The van der Waals surface area contributed by atoms with Crippen molar-refractivity contribution >= 4 is 41.9 Å². The summed E-state index contributed by atoms with van der Waals surface area (Å²) in [6.07, 6.45) is 1.50. The van der Waals surface area contributed by atoms with Crippen LogP contribution in [-0.2, 0) is 9.53 Å². The fraction of sp³-hybridized carbons (Fsp3) is 0.556. The number of benzene rings is 1. The Bertz CT molecular complexity index is 752.